The average molecular weight is 461 g/mol. The summed E-state index contributed by atoms with van der Waals surface area (Å²) in [6.07, 6.45) is 0. The molecule has 120 valence electrons. The molecule has 4 nitrogen and oxygen atoms in total. The number of carbonyl (C=O) groups is 1. The monoisotopic (exact) mass is 458 g/mol. The van der Waals surface area contributed by atoms with Crippen LogP contribution in [-0.2, 0) is 4.79 Å². The van der Waals surface area contributed by atoms with E-state index in [9.17, 15) is 10.1 Å². The van der Waals surface area contributed by atoms with Crippen LogP contribution < -0.4 is 4.84 Å². The molecule has 0 amide bonds. The summed E-state index contributed by atoms with van der Waals surface area (Å²) in [6, 6.07) is 9.08. The zero-order chi connectivity index (χ0) is 17.4. The Morgan fingerprint density at radius 3 is 2.30 bits per heavy atom. The van der Waals surface area contributed by atoms with Crippen molar-refractivity contribution in [2.75, 3.05) is 0 Å². The molecule has 0 atom stereocenters. The van der Waals surface area contributed by atoms with Crippen molar-refractivity contribution in [3.8, 4) is 17.3 Å². The SMILES string of the molecule is CC(C)(C)C(=O)On1c(Br)c(Br)c(C#N)c1-c1ccc(Cl)cc1. The van der Waals surface area contributed by atoms with Crippen LogP contribution in [0.15, 0.2) is 33.3 Å². The smallest absolute Gasteiger partial charge is 0.335 e. The van der Waals surface area contributed by atoms with Crippen molar-refractivity contribution in [2.24, 2.45) is 5.41 Å². The van der Waals surface area contributed by atoms with Gasteiger partial charge in [-0.25, -0.2) is 4.79 Å². The van der Waals surface area contributed by atoms with E-state index in [2.05, 4.69) is 37.9 Å². The zero-order valence-electron chi connectivity index (χ0n) is 12.7. The van der Waals surface area contributed by atoms with Gasteiger partial charge < -0.3 is 4.84 Å². The number of benzene rings is 1. The van der Waals surface area contributed by atoms with Gasteiger partial charge >= 0.3 is 5.97 Å². The number of hydrogen-bond donors (Lipinski definition) is 0. The fraction of sp³-hybridized carbons (Fsp3) is 0.250. The summed E-state index contributed by atoms with van der Waals surface area (Å²) in [5.41, 5.74) is 0.862. The van der Waals surface area contributed by atoms with E-state index in [0.29, 0.717) is 30.9 Å². The molecule has 0 saturated carbocycles. The molecule has 0 saturated heterocycles. The molecule has 23 heavy (non-hydrogen) atoms. The summed E-state index contributed by atoms with van der Waals surface area (Å²) >= 11 is 12.6. The minimum atomic E-state index is -0.680. The summed E-state index contributed by atoms with van der Waals surface area (Å²) < 4.78 is 2.29. The van der Waals surface area contributed by atoms with E-state index in [4.69, 9.17) is 16.4 Å². The van der Waals surface area contributed by atoms with E-state index in [1.54, 1.807) is 45.0 Å². The van der Waals surface area contributed by atoms with Crippen LogP contribution in [0.2, 0.25) is 5.02 Å². The number of aromatic nitrogens is 1. The van der Waals surface area contributed by atoms with Gasteiger partial charge in [-0.2, -0.15) is 9.99 Å². The first-order valence-electron chi connectivity index (χ1n) is 6.65. The molecular weight excluding hydrogens is 447 g/mol. The molecular formula is C16H13Br2ClN2O2. The fourth-order valence-electron chi connectivity index (χ4n) is 1.77. The molecule has 0 fully saturated rings. The number of nitrogens with zero attached hydrogens (tertiary/aromatic N) is 2. The Kier molecular flexibility index (Phi) is 5.24. The maximum Gasteiger partial charge on any atom is 0.338 e. The van der Waals surface area contributed by atoms with Crippen LogP contribution in [0.25, 0.3) is 11.3 Å². The molecule has 2 aromatic rings. The van der Waals surface area contributed by atoms with Gasteiger partial charge in [0.05, 0.1) is 15.5 Å². The molecule has 0 aliphatic carbocycles. The summed E-state index contributed by atoms with van der Waals surface area (Å²) in [6.45, 7) is 5.28. The van der Waals surface area contributed by atoms with Crippen LogP contribution >= 0.6 is 43.5 Å². The largest absolute Gasteiger partial charge is 0.338 e. The first-order chi connectivity index (χ1) is 10.7. The van der Waals surface area contributed by atoms with Crippen LogP contribution in [0.4, 0.5) is 0 Å². The third-order valence-electron chi connectivity index (χ3n) is 3.03. The number of hydrogen-bond acceptors (Lipinski definition) is 3. The Balaban J connectivity index is 2.65. The summed E-state index contributed by atoms with van der Waals surface area (Å²) in [5, 5.41) is 10.0. The molecule has 1 aromatic heterocycles. The minimum absolute atomic E-state index is 0.362. The lowest BCUT2D eigenvalue weighted by Crippen LogP contribution is -2.31. The average Bonchev–Trinajstić information content (AvgIpc) is 2.71. The molecule has 1 heterocycles. The Morgan fingerprint density at radius 1 is 1.26 bits per heavy atom. The van der Waals surface area contributed by atoms with Gasteiger partial charge in [0, 0.05) is 10.6 Å². The van der Waals surface area contributed by atoms with Crippen LogP contribution in [0, 0.1) is 16.7 Å². The maximum atomic E-state index is 12.2. The highest BCUT2D eigenvalue weighted by atomic mass is 79.9. The normalized spacial score (nSPS) is 11.2. The topological polar surface area (TPSA) is 55.0 Å². The van der Waals surface area contributed by atoms with E-state index < -0.39 is 11.4 Å². The van der Waals surface area contributed by atoms with Crippen LogP contribution in [0.5, 0.6) is 0 Å². The zero-order valence-corrected chi connectivity index (χ0v) is 16.6. The highest BCUT2D eigenvalue weighted by molar-refractivity contribution is 9.13. The Hall–Kier alpha value is -1.29. The van der Waals surface area contributed by atoms with Gasteiger partial charge in [-0.3, -0.25) is 0 Å². The molecule has 7 heteroatoms. The second-order valence-corrected chi connectivity index (χ2v) is 7.85. The number of nitriles is 1. The van der Waals surface area contributed by atoms with Gasteiger partial charge in [0.1, 0.15) is 16.4 Å². The first kappa shape index (κ1) is 18.1. The Morgan fingerprint density at radius 2 is 1.83 bits per heavy atom. The van der Waals surface area contributed by atoms with Crippen molar-refractivity contribution < 1.29 is 9.63 Å². The number of rotatable bonds is 2. The molecule has 0 bridgehead atoms. The highest BCUT2D eigenvalue weighted by Gasteiger charge is 2.29. The van der Waals surface area contributed by atoms with Crippen molar-refractivity contribution in [3.63, 3.8) is 0 Å². The van der Waals surface area contributed by atoms with Gasteiger partial charge in [0.15, 0.2) is 0 Å². The second-order valence-electron chi connectivity index (χ2n) is 5.87. The maximum absolute atomic E-state index is 12.2. The van der Waals surface area contributed by atoms with Crippen molar-refractivity contribution in [3.05, 3.63) is 43.9 Å². The first-order valence-corrected chi connectivity index (χ1v) is 8.61. The molecule has 0 aliphatic heterocycles. The van der Waals surface area contributed by atoms with Crippen LogP contribution in [0.1, 0.15) is 26.3 Å². The van der Waals surface area contributed by atoms with Gasteiger partial charge in [-0.05, 0) is 64.8 Å². The van der Waals surface area contributed by atoms with Crippen LogP contribution in [0.3, 0.4) is 0 Å². The predicted octanol–water partition coefficient (Wildman–Crippen LogP) is 5.21. The van der Waals surface area contributed by atoms with Crippen molar-refractivity contribution in [2.45, 2.75) is 20.8 Å². The standard InChI is InChI=1S/C16H13Br2ClN2O2/c1-16(2,3)15(22)23-21-13(9-4-6-10(19)7-5-9)11(8-20)12(17)14(21)18/h4-7H,1-3H3. The molecule has 2 rings (SSSR count). The quantitative estimate of drug-likeness (QED) is 0.619. The fourth-order valence-corrected chi connectivity index (χ4v) is 2.78. The van der Waals surface area contributed by atoms with Gasteiger partial charge in [0.25, 0.3) is 0 Å². The third-order valence-corrected chi connectivity index (χ3v) is 5.31. The van der Waals surface area contributed by atoms with Gasteiger partial charge in [-0.15, -0.1) is 0 Å². The van der Waals surface area contributed by atoms with E-state index >= 15 is 0 Å². The molecule has 0 spiro atoms. The van der Waals surface area contributed by atoms with Crippen LogP contribution in [-0.4, -0.2) is 10.7 Å². The van der Waals surface area contributed by atoms with E-state index in [1.807, 2.05) is 0 Å². The van der Waals surface area contributed by atoms with Crippen molar-refractivity contribution in [1.29, 1.82) is 5.26 Å². The van der Waals surface area contributed by atoms with E-state index in [1.165, 1.54) is 4.73 Å². The third kappa shape index (κ3) is 3.63. The lowest BCUT2D eigenvalue weighted by molar-refractivity contribution is -0.153. The number of halogens is 3. The van der Waals surface area contributed by atoms with Gasteiger partial charge in [-0.1, -0.05) is 23.7 Å². The van der Waals surface area contributed by atoms with Gasteiger partial charge in [0.2, 0.25) is 0 Å². The minimum Gasteiger partial charge on any atom is -0.335 e. The van der Waals surface area contributed by atoms with Crippen molar-refractivity contribution >= 4 is 49.4 Å². The predicted molar refractivity (Wildman–Crippen MR) is 96.0 cm³/mol. The van der Waals surface area contributed by atoms with Crippen molar-refractivity contribution in [1.82, 2.24) is 4.73 Å². The molecule has 0 aliphatic rings. The molecule has 0 N–H and O–H groups in total. The lowest BCUT2D eigenvalue weighted by atomic mass is 9.98. The highest BCUT2D eigenvalue weighted by Crippen LogP contribution is 2.38. The second kappa shape index (κ2) is 6.68. The lowest BCUT2D eigenvalue weighted by Gasteiger charge is -2.18. The van der Waals surface area contributed by atoms with E-state index in [0.717, 1.165) is 0 Å². The molecule has 0 unspecified atom stereocenters. The summed E-state index contributed by atoms with van der Waals surface area (Å²) in [5.74, 6) is -0.416. The summed E-state index contributed by atoms with van der Waals surface area (Å²) in [7, 11) is 0. The Bertz CT molecular complexity index is 799. The summed E-state index contributed by atoms with van der Waals surface area (Å²) in [4.78, 5) is 17.8. The molecule has 0 radical (unpaired) electrons. The van der Waals surface area contributed by atoms with E-state index in [-0.39, 0.29) is 0 Å². The number of carbonyl (C=O) groups excluding carboxylic acids is 1. The Labute approximate surface area is 156 Å². The molecule has 1 aromatic carbocycles.